The first-order chi connectivity index (χ1) is 22.0. The summed E-state index contributed by atoms with van der Waals surface area (Å²) in [6.45, 7) is 27.2. The van der Waals surface area contributed by atoms with Gasteiger partial charge in [0.25, 0.3) is 0 Å². The normalized spacial score (nSPS) is 15.4. The van der Waals surface area contributed by atoms with Crippen LogP contribution in [0.4, 0.5) is 0 Å². The van der Waals surface area contributed by atoms with Crippen LogP contribution in [0.2, 0.25) is 0 Å². The van der Waals surface area contributed by atoms with Crippen LogP contribution in [0.15, 0.2) is 72.8 Å². The number of aryl methyl sites for hydroxylation is 2. The molecule has 0 aliphatic heterocycles. The van der Waals surface area contributed by atoms with E-state index in [2.05, 4.69) is 156 Å². The maximum atomic E-state index is 3.65. The number of fused-ring (bicyclic) bond motifs is 5. The molecule has 0 bridgehead atoms. The van der Waals surface area contributed by atoms with Gasteiger partial charge in [0.05, 0.1) is 0 Å². The van der Waals surface area contributed by atoms with Gasteiger partial charge in [-0.15, -0.1) is 11.6 Å². The zero-order valence-corrected chi connectivity index (χ0v) is 35.8. The van der Waals surface area contributed by atoms with Crippen LogP contribution in [-0.4, -0.2) is 3.21 Å². The fourth-order valence-electron chi connectivity index (χ4n) is 7.78. The summed E-state index contributed by atoms with van der Waals surface area (Å²) in [5.74, 6) is 0. The van der Waals surface area contributed by atoms with Crippen molar-refractivity contribution in [1.29, 1.82) is 0 Å². The van der Waals surface area contributed by atoms with Crippen molar-refractivity contribution in [2.45, 2.75) is 119 Å². The number of hydrogen-bond acceptors (Lipinski definition) is 0. The second-order valence-corrected chi connectivity index (χ2v) is 17.8. The van der Waals surface area contributed by atoms with Crippen LogP contribution in [0.3, 0.4) is 0 Å². The summed E-state index contributed by atoms with van der Waals surface area (Å²) in [5, 5.41) is 0. The second kappa shape index (κ2) is 15.6. The molecule has 0 saturated carbocycles. The molecule has 3 heteroatoms. The molecule has 0 atom stereocenters. The van der Waals surface area contributed by atoms with Gasteiger partial charge in [-0.2, -0.15) is 28.3 Å². The van der Waals surface area contributed by atoms with E-state index in [0.29, 0.717) is 5.41 Å². The van der Waals surface area contributed by atoms with Gasteiger partial charge in [0.2, 0.25) is 0 Å². The van der Waals surface area contributed by atoms with Crippen molar-refractivity contribution >= 4 is 14.4 Å². The molecule has 0 fully saturated rings. The Balaban J connectivity index is 0.000000229. The van der Waals surface area contributed by atoms with E-state index < -0.39 is 0 Å². The standard InChI is InChI=1S/C25H25.C13H21.C8H8.2ClH.Zr/c1-14-12-24(3,4)22-8-16-7-17-9-23-19(15(2)13-25(23,5)6)11-21(17)20(16)10-18(14)22;1-6-10-8-11(7-2)12(9-10)13(3,4)5;1-2-8-6-4-3-5-7-8;;;/h8-12H,7H2,1-6H3;8-9H,6-7H2,1-5H3;3-7H,1H3;2*1H;/q2*-1;;;;+2/p-2. The van der Waals surface area contributed by atoms with Gasteiger partial charge in [0.1, 0.15) is 0 Å². The second-order valence-electron chi connectivity index (χ2n) is 16.0. The van der Waals surface area contributed by atoms with E-state index in [-0.39, 0.29) is 35.6 Å². The molecule has 258 valence electrons. The van der Waals surface area contributed by atoms with Crippen LogP contribution in [0.25, 0.3) is 22.3 Å². The Labute approximate surface area is 325 Å². The fraction of sp³-hybridized carbons (Fsp3) is 0.391. The minimum absolute atomic E-state index is 0. The molecule has 0 unspecified atom stereocenters. The predicted molar refractivity (Wildman–Crippen MR) is 202 cm³/mol. The minimum atomic E-state index is 0. The van der Waals surface area contributed by atoms with Gasteiger partial charge in [-0.25, -0.2) is 11.6 Å². The van der Waals surface area contributed by atoms with Crippen LogP contribution in [-0.2, 0) is 59.7 Å². The van der Waals surface area contributed by atoms with Crippen molar-refractivity contribution in [3.8, 4) is 11.1 Å². The summed E-state index contributed by atoms with van der Waals surface area (Å²) >= 11 is 1.51. The summed E-state index contributed by atoms with van der Waals surface area (Å²) in [4.78, 5) is 0. The Morgan fingerprint density at radius 1 is 0.796 bits per heavy atom. The molecule has 7 rings (SSSR count). The molecule has 0 saturated heterocycles. The molecule has 49 heavy (non-hydrogen) atoms. The number of hydrogen-bond donors (Lipinski definition) is 0. The van der Waals surface area contributed by atoms with E-state index in [1.165, 1.54) is 105 Å². The summed E-state index contributed by atoms with van der Waals surface area (Å²) in [6, 6.07) is 25.0. The first-order valence-electron chi connectivity index (χ1n) is 17.5. The first kappa shape index (κ1) is 41.2. The fourth-order valence-corrected chi connectivity index (χ4v) is 8.19. The van der Waals surface area contributed by atoms with Crippen molar-refractivity contribution in [3.63, 3.8) is 0 Å². The van der Waals surface area contributed by atoms with Crippen molar-refractivity contribution in [3.05, 3.63) is 135 Å². The Hall–Kier alpha value is -2.18. The SMILES string of the molecule is CC1=[C-]C(C)(C)c2cc3c(cc21)-c1cc2c(cc1C3)C(C)(C)C=C2C.CCc1cc(C(C)(C)C)c(CC)[cH-]1.C[C](=[Zr+2])c1ccccc1.[Cl-].[Cl-]. The minimum Gasteiger partial charge on any atom is -1.00 e. The van der Waals surface area contributed by atoms with E-state index in [9.17, 15) is 0 Å². The van der Waals surface area contributed by atoms with Gasteiger partial charge in [-0.1, -0.05) is 111 Å². The summed E-state index contributed by atoms with van der Waals surface area (Å²) < 4.78 is 1.46. The Bertz CT molecular complexity index is 1800. The number of allylic oxidation sites excluding steroid dienone is 4. The Morgan fingerprint density at radius 3 is 1.86 bits per heavy atom. The van der Waals surface area contributed by atoms with E-state index in [0.717, 1.165) is 19.3 Å². The molecule has 0 nitrogen and oxygen atoms in total. The molecule has 0 amide bonds. The third-order valence-corrected chi connectivity index (χ3v) is 11.0. The van der Waals surface area contributed by atoms with Crippen molar-refractivity contribution < 1.29 is 49.0 Å². The zero-order valence-electron chi connectivity index (χ0n) is 31.8. The first-order valence-corrected chi connectivity index (χ1v) is 18.8. The summed E-state index contributed by atoms with van der Waals surface area (Å²) in [6.07, 6.45) is 9.45. The van der Waals surface area contributed by atoms with E-state index in [1.54, 1.807) is 0 Å². The van der Waals surface area contributed by atoms with Crippen LogP contribution in [0, 0.1) is 6.08 Å². The van der Waals surface area contributed by atoms with Crippen LogP contribution in [0.5, 0.6) is 0 Å². The van der Waals surface area contributed by atoms with Crippen molar-refractivity contribution in [2.75, 3.05) is 0 Å². The molecule has 0 N–H and O–H groups in total. The van der Waals surface area contributed by atoms with Gasteiger partial charge < -0.3 is 24.8 Å². The molecule has 3 aliphatic rings. The number of halogens is 2. The molecular formula is C46H54Cl2Zr-2. The van der Waals surface area contributed by atoms with Crippen molar-refractivity contribution in [2.24, 2.45) is 0 Å². The van der Waals surface area contributed by atoms with Gasteiger partial charge in [-0.3, -0.25) is 6.08 Å². The monoisotopic (exact) mass is 766 g/mol. The van der Waals surface area contributed by atoms with Crippen LogP contribution < -0.4 is 24.8 Å². The molecule has 0 heterocycles. The smallest absolute Gasteiger partial charge is 1.00 e. The topological polar surface area (TPSA) is 0 Å². The van der Waals surface area contributed by atoms with E-state index in [4.69, 9.17) is 0 Å². The summed E-state index contributed by atoms with van der Waals surface area (Å²) in [7, 11) is 0. The molecule has 0 aromatic heterocycles. The van der Waals surface area contributed by atoms with Gasteiger partial charge in [0, 0.05) is 5.41 Å². The quantitative estimate of drug-likeness (QED) is 0.196. The molecule has 0 spiro atoms. The average molecular weight is 769 g/mol. The number of benzene rings is 3. The average Bonchev–Trinajstić information content (AvgIpc) is 3.72. The maximum Gasteiger partial charge on any atom is -1.00 e. The molecule has 0 radical (unpaired) electrons. The maximum absolute atomic E-state index is 3.65. The van der Waals surface area contributed by atoms with Gasteiger partial charge in [0.15, 0.2) is 0 Å². The molecule has 3 aliphatic carbocycles. The van der Waals surface area contributed by atoms with E-state index >= 15 is 0 Å². The van der Waals surface area contributed by atoms with E-state index in [1.807, 2.05) is 6.07 Å². The molecule has 4 aromatic carbocycles. The van der Waals surface area contributed by atoms with Gasteiger partial charge in [-0.05, 0) is 58.4 Å². The predicted octanol–water partition coefficient (Wildman–Crippen LogP) is 6.06. The molecule has 4 aromatic rings. The molecular weight excluding hydrogens is 715 g/mol. The Kier molecular flexibility index (Phi) is 13.1. The third kappa shape index (κ3) is 8.49. The largest absolute Gasteiger partial charge is 1.00 e. The zero-order chi connectivity index (χ0) is 34.5. The Morgan fingerprint density at radius 2 is 1.37 bits per heavy atom. The van der Waals surface area contributed by atoms with Crippen LogP contribution >= 0.6 is 0 Å². The van der Waals surface area contributed by atoms with Crippen LogP contribution in [0.1, 0.15) is 139 Å². The van der Waals surface area contributed by atoms with Crippen molar-refractivity contribution in [1.82, 2.24) is 0 Å². The summed E-state index contributed by atoms with van der Waals surface area (Å²) in [5.41, 5.74) is 20.8. The number of rotatable bonds is 3. The third-order valence-electron chi connectivity index (χ3n) is 10.3. The van der Waals surface area contributed by atoms with Gasteiger partial charge >= 0.3 is 70.3 Å².